The molecule has 0 aliphatic heterocycles. The van der Waals surface area contributed by atoms with Crippen LogP contribution in [0, 0.1) is 5.41 Å². The van der Waals surface area contributed by atoms with Gasteiger partial charge < -0.3 is 5.32 Å². The van der Waals surface area contributed by atoms with E-state index in [0.717, 1.165) is 0 Å². The molecule has 1 fully saturated rings. The van der Waals surface area contributed by atoms with Gasteiger partial charge in [-0.2, -0.15) is 0 Å². The Hall–Kier alpha value is -0.820. The maximum atomic E-state index is 3.56. The van der Waals surface area contributed by atoms with Crippen molar-refractivity contribution in [2.75, 3.05) is 7.05 Å². The van der Waals surface area contributed by atoms with E-state index in [-0.39, 0.29) is 5.41 Å². The lowest BCUT2D eigenvalue weighted by Crippen LogP contribution is -2.32. The molecule has 1 heteroatoms. The van der Waals surface area contributed by atoms with E-state index in [0.29, 0.717) is 11.5 Å². The summed E-state index contributed by atoms with van der Waals surface area (Å²) in [6, 6.07) is 9.75. The van der Waals surface area contributed by atoms with Gasteiger partial charge in [0.1, 0.15) is 0 Å². The van der Waals surface area contributed by atoms with E-state index in [2.05, 4.69) is 64.3 Å². The highest BCUT2D eigenvalue weighted by molar-refractivity contribution is 5.30. The normalized spacial score (nSPS) is 20.5. The number of rotatable bonds is 3. The first-order chi connectivity index (χ1) is 8.87. The van der Waals surface area contributed by atoms with Gasteiger partial charge in [-0.25, -0.2) is 0 Å². The fraction of sp³-hybridized carbons (Fsp3) is 0.667. The van der Waals surface area contributed by atoms with Crippen LogP contribution in [0.5, 0.6) is 0 Å². The summed E-state index contributed by atoms with van der Waals surface area (Å²) in [5.41, 5.74) is 3.53. The highest BCUT2D eigenvalue weighted by Gasteiger charge is 2.36. The Bertz CT molecular complexity index is 404. The van der Waals surface area contributed by atoms with Crippen LogP contribution in [0.1, 0.15) is 70.5 Å². The lowest BCUT2D eigenvalue weighted by Gasteiger charge is -2.34. The molecule has 1 aliphatic carbocycles. The van der Waals surface area contributed by atoms with Crippen molar-refractivity contribution < 1.29 is 0 Å². The molecular weight excluding hydrogens is 230 g/mol. The predicted molar refractivity (Wildman–Crippen MR) is 83.5 cm³/mol. The molecule has 1 aliphatic rings. The number of benzene rings is 1. The molecular formula is C18H29N. The SMILES string of the molecule is CNC(c1ccc(C(C)(C)C)cc1)C1(C)CCCC1. The summed E-state index contributed by atoms with van der Waals surface area (Å²) in [6.45, 7) is 9.26. The van der Waals surface area contributed by atoms with Crippen molar-refractivity contribution >= 4 is 0 Å². The van der Waals surface area contributed by atoms with Gasteiger partial charge >= 0.3 is 0 Å². The Morgan fingerprint density at radius 2 is 1.58 bits per heavy atom. The van der Waals surface area contributed by atoms with Gasteiger partial charge in [-0.15, -0.1) is 0 Å². The summed E-state index contributed by atoms with van der Waals surface area (Å²) in [4.78, 5) is 0. The molecule has 0 bridgehead atoms. The van der Waals surface area contributed by atoms with Gasteiger partial charge in [0, 0.05) is 6.04 Å². The summed E-state index contributed by atoms with van der Waals surface area (Å²) < 4.78 is 0. The molecule has 0 aromatic heterocycles. The average Bonchev–Trinajstić information content (AvgIpc) is 2.77. The van der Waals surface area contributed by atoms with Gasteiger partial charge in [0.05, 0.1) is 0 Å². The Labute approximate surface area is 118 Å². The molecule has 1 unspecified atom stereocenters. The molecule has 19 heavy (non-hydrogen) atoms. The molecule has 0 saturated heterocycles. The van der Waals surface area contributed by atoms with Crippen LogP contribution in [0.4, 0.5) is 0 Å². The summed E-state index contributed by atoms with van der Waals surface area (Å²) >= 11 is 0. The van der Waals surface area contributed by atoms with Crippen molar-refractivity contribution in [1.82, 2.24) is 5.32 Å². The molecule has 0 amide bonds. The van der Waals surface area contributed by atoms with E-state index in [1.807, 2.05) is 0 Å². The van der Waals surface area contributed by atoms with Gasteiger partial charge in [-0.05, 0) is 41.8 Å². The zero-order chi connectivity index (χ0) is 14.1. The van der Waals surface area contributed by atoms with Crippen LogP contribution in [0.2, 0.25) is 0 Å². The summed E-state index contributed by atoms with van der Waals surface area (Å²) in [6.07, 6.45) is 5.46. The highest BCUT2D eigenvalue weighted by Crippen LogP contribution is 2.47. The number of nitrogens with one attached hydrogen (secondary N) is 1. The van der Waals surface area contributed by atoms with Gasteiger partial charge in [0.25, 0.3) is 0 Å². The summed E-state index contributed by atoms with van der Waals surface area (Å²) in [5, 5.41) is 3.56. The van der Waals surface area contributed by atoms with Crippen LogP contribution in [0.25, 0.3) is 0 Å². The van der Waals surface area contributed by atoms with Crippen molar-refractivity contribution in [3.63, 3.8) is 0 Å². The average molecular weight is 259 g/mol. The molecule has 1 aromatic carbocycles. The van der Waals surface area contributed by atoms with Crippen LogP contribution >= 0.6 is 0 Å². The van der Waals surface area contributed by atoms with Crippen LogP contribution in [-0.4, -0.2) is 7.05 Å². The van der Waals surface area contributed by atoms with Crippen molar-refractivity contribution in [2.24, 2.45) is 5.41 Å². The van der Waals surface area contributed by atoms with Gasteiger partial charge in [0.2, 0.25) is 0 Å². The first-order valence-electron chi connectivity index (χ1n) is 7.64. The van der Waals surface area contributed by atoms with Gasteiger partial charge in [-0.1, -0.05) is 64.8 Å². The topological polar surface area (TPSA) is 12.0 Å². The van der Waals surface area contributed by atoms with E-state index >= 15 is 0 Å². The molecule has 1 N–H and O–H groups in total. The van der Waals surface area contributed by atoms with Crippen LogP contribution < -0.4 is 5.32 Å². The Kier molecular flexibility index (Phi) is 4.06. The van der Waals surface area contributed by atoms with E-state index < -0.39 is 0 Å². The molecule has 0 heterocycles. The second-order valence-electron chi connectivity index (χ2n) is 7.45. The molecule has 0 radical (unpaired) electrons. The second kappa shape index (κ2) is 5.28. The van der Waals surface area contributed by atoms with Crippen molar-refractivity contribution in [3.05, 3.63) is 35.4 Å². The molecule has 1 saturated carbocycles. The fourth-order valence-corrected chi connectivity index (χ4v) is 3.56. The predicted octanol–water partition coefficient (Wildman–Crippen LogP) is 4.82. The number of hydrogen-bond donors (Lipinski definition) is 1. The van der Waals surface area contributed by atoms with Gasteiger partial charge in [0.15, 0.2) is 0 Å². The third-order valence-corrected chi connectivity index (χ3v) is 4.84. The third-order valence-electron chi connectivity index (χ3n) is 4.84. The largest absolute Gasteiger partial charge is 0.313 e. The van der Waals surface area contributed by atoms with Crippen LogP contribution in [0.15, 0.2) is 24.3 Å². The van der Waals surface area contributed by atoms with E-state index in [1.165, 1.54) is 36.8 Å². The molecule has 2 rings (SSSR count). The third kappa shape index (κ3) is 3.02. The van der Waals surface area contributed by atoms with Crippen molar-refractivity contribution in [3.8, 4) is 0 Å². The smallest absolute Gasteiger partial charge is 0.0372 e. The molecule has 106 valence electrons. The minimum atomic E-state index is 0.241. The minimum absolute atomic E-state index is 0.241. The summed E-state index contributed by atoms with van der Waals surface area (Å²) in [5.74, 6) is 0. The first-order valence-corrected chi connectivity index (χ1v) is 7.64. The van der Waals surface area contributed by atoms with Crippen molar-refractivity contribution in [1.29, 1.82) is 0 Å². The zero-order valence-corrected chi connectivity index (χ0v) is 13.2. The highest BCUT2D eigenvalue weighted by atomic mass is 14.9. The van der Waals surface area contributed by atoms with E-state index in [4.69, 9.17) is 0 Å². The quantitative estimate of drug-likeness (QED) is 0.820. The second-order valence-corrected chi connectivity index (χ2v) is 7.45. The maximum Gasteiger partial charge on any atom is 0.0372 e. The lowest BCUT2D eigenvalue weighted by molar-refractivity contribution is 0.233. The minimum Gasteiger partial charge on any atom is -0.313 e. The molecule has 1 aromatic rings. The number of hydrogen-bond acceptors (Lipinski definition) is 1. The van der Waals surface area contributed by atoms with E-state index in [1.54, 1.807) is 0 Å². The van der Waals surface area contributed by atoms with Crippen molar-refractivity contribution in [2.45, 2.75) is 64.8 Å². The Morgan fingerprint density at radius 1 is 1.05 bits per heavy atom. The standard InChI is InChI=1S/C18H29N/c1-17(2,3)15-10-8-14(9-11-15)16(19-5)18(4)12-6-7-13-18/h8-11,16,19H,6-7,12-13H2,1-5H3. The van der Waals surface area contributed by atoms with Crippen LogP contribution in [0.3, 0.4) is 0 Å². The fourth-order valence-electron chi connectivity index (χ4n) is 3.56. The van der Waals surface area contributed by atoms with E-state index in [9.17, 15) is 0 Å². The monoisotopic (exact) mass is 259 g/mol. The maximum absolute atomic E-state index is 3.56. The molecule has 1 atom stereocenters. The molecule has 0 spiro atoms. The van der Waals surface area contributed by atoms with Gasteiger partial charge in [-0.3, -0.25) is 0 Å². The van der Waals surface area contributed by atoms with Crippen LogP contribution in [-0.2, 0) is 5.41 Å². The Balaban J connectivity index is 2.24. The lowest BCUT2D eigenvalue weighted by atomic mass is 9.76. The molecule has 1 nitrogen and oxygen atoms in total. The first kappa shape index (κ1) is 14.6. The Morgan fingerprint density at radius 3 is 2.00 bits per heavy atom. The summed E-state index contributed by atoms with van der Waals surface area (Å²) in [7, 11) is 2.10. The zero-order valence-electron chi connectivity index (χ0n) is 13.2.